The number of rotatable bonds is 2. The van der Waals surface area contributed by atoms with Crippen molar-refractivity contribution >= 4 is 55.5 Å². The van der Waals surface area contributed by atoms with Crippen LogP contribution in [-0.4, -0.2) is 22.9 Å². The first-order valence-corrected chi connectivity index (χ1v) is 7.88. The number of carbonyl (C=O) groups is 1. The van der Waals surface area contributed by atoms with Gasteiger partial charge in [0.05, 0.1) is 21.4 Å². The summed E-state index contributed by atoms with van der Waals surface area (Å²) in [7, 11) is 1.72. The second kappa shape index (κ2) is 5.12. The molecule has 3 rings (SSSR count). The zero-order chi connectivity index (χ0) is 14.3. The van der Waals surface area contributed by atoms with Crippen molar-refractivity contribution in [1.29, 1.82) is 0 Å². The minimum atomic E-state index is -0.0878. The van der Waals surface area contributed by atoms with Gasteiger partial charge in [-0.25, -0.2) is 9.97 Å². The standard InChI is InChI=1S/C13H10ClN3OS2/c1-7-11(19-6-15-7)12(18)17(2)13-16-9-5-8(14)3-4-10(9)20-13/h3-6H,1-2H3. The molecule has 2 heterocycles. The summed E-state index contributed by atoms with van der Waals surface area (Å²) in [5.74, 6) is -0.0878. The van der Waals surface area contributed by atoms with Crippen LogP contribution < -0.4 is 4.90 Å². The topological polar surface area (TPSA) is 46.1 Å². The average molecular weight is 324 g/mol. The van der Waals surface area contributed by atoms with Gasteiger partial charge < -0.3 is 0 Å². The summed E-state index contributed by atoms with van der Waals surface area (Å²) in [6.07, 6.45) is 0. The van der Waals surface area contributed by atoms with Crippen molar-refractivity contribution in [3.63, 3.8) is 0 Å². The largest absolute Gasteiger partial charge is 0.286 e. The van der Waals surface area contributed by atoms with Gasteiger partial charge >= 0.3 is 0 Å². The van der Waals surface area contributed by atoms with Crippen LogP contribution in [0, 0.1) is 6.92 Å². The number of hydrogen-bond acceptors (Lipinski definition) is 5. The maximum absolute atomic E-state index is 12.4. The Balaban J connectivity index is 1.98. The van der Waals surface area contributed by atoms with E-state index in [1.54, 1.807) is 23.5 Å². The van der Waals surface area contributed by atoms with E-state index in [4.69, 9.17) is 11.6 Å². The highest BCUT2D eigenvalue weighted by Gasteiger charge is 2.20. The Morgan fingerprint density at radius 1 is 1.40 bits per heavy atom. The van der Waals surface area contributed by atoms with E-state index in [0.29, 0.717) is 15.0 Å². The number of nitrogens with zero attached hydrogens (tertiary/aromatic N) is 3. The second-order valence-electron chi connectivity index (χ2n) is 4.24. The monoisotopic (exact) mass is 323 g/mol. The maximum Gasteiger partial charge on any atom is 0.271 e. The number of halogens is 1. The first-order chi connectivity index (χ1) is 9.56. The molecule has 4 nitrogen and oxygen atoms in total. The maximum atomic E-state index is 12.4. The van der Waals surface area contributed by atoms with Gasteiger partial charge in [-0.2, -0.15) is 0 Å². The third kappa shape index (κ3) is 2.30. The minimum absolute atomic E-state index is 0.0878. The number of anilines is 1. The molecule has 0 unspecified atom stereocenters. The van der Waals surface area contributed by atoms with Gasteiger partial charge in [-0.1, -0.05) is 22.9 Å². The molecule has 0 N–H and O–H groups in total. The van der Waals surface area contributed by atoms with Crippen molar-refractivity contribution < 1.29 is 4.79 Å². The van der Waals surface area contributed by atoms with Crippen LogP contribution >= 0.6 is 34.3 Å². The van der Waals surface area contributed by atoms with E-state index >= 15 is 0 Å². The van der Waals surface area contributed by atoms with Gasteiger partial charge in [-0.15, -0.1) is 11.3 Å². The summed E-state index contributed by atoms with van der Waals surface area (Å²) in [5, 5.41) is 1.29. The Morgan fingerprint density at radius 2 is 2.20 bits per heavy atom. The molecule has 0 saturated heterocycles. The van der Waals surface area contributed by atoms with Crippen LogP contribution in [0.25, 0.3) is 10.2 Å². The van der Waals surface area contributed by atoms with Crippen molar-refractivity contribution in [3.05, 3.63) is 39.3 Å². The van der Waals surface area contributed by atoms with E-state index in [-0.39, 0.29) is 5.91 Å². The number of thiazole rings is 2. The highest BCUT2D eigenvalue weighted by Crippen LogP contribution is 2.31. The number of hydrogen-bond donors (Lipinski definition) is 0. The fraction of sp³-hybridized carbons (Fsp3) is 0.154. The summed E-state index contributed by atoms with van der Waals surface area (Å²) in [4.78, 5) is 23.2. The van der Waals surface area contributed by atoms with Gasteiger partial charge in [-0.3, -0.25) is 9.69 Å². The number of carbonyl (C=O) groups excluding carboxylic acids is 1. The molecular formula is C13H10ClN3OS2. The number of aromatic nitrogens is 2. The molecule has 0 spiro atoms. The van der Waals surface area contributed by atoms with Crippen molar-refractivity contribution in [1.82, 2.24) is 9.97 Å². The van der Waals surface area contributed by atoms with Gasteiger partial charge in [0.25, 0.3) is 5.91 Å². The normalized spacial score (nSPS) is 10.9. The molecule has 0 aliphatic heterocycles. The molecule has 1 aromatic carbocycles. The van der Waals surface area contributed by atoms with Gasteiger partial charge in [-0.05, 0) is 25.1 Å². The Bertz CT molecular complexity index is 796. The first-order valence-electron chi connectivity index (χ1n) is 5.80. The molecule has 7 heteroatoms. The summed E-state index contributed by atoms with van der Waals surface area (Å²) in [6.45, 7) is 1.83. The molecule has 0 fully saturated rings. The fourth-order valence-electron chi connectivity index (χ4n) is 1.78. The molecule has 0 atom stereocenters. The summed E-state index contributed by atoms with van der Waals surface area (Å²) in [5.41, 5.74) is 3.23. The lowest BCUT2D eigenvalue weighted by molar-refractivity contribution is 0.0996. The summed E-state index contributed by atoms with van der Waals surface area (Å²) >= 11 is 8.76. The lowest BCUT2D eigenvalue weighted by Gasteiger charge is -2.12. The first kappa shape index (κ1) is 13.5. The predicted octanol–water partition coefficient (Wildman–Crippen LogP) is 3.99. The molecule has 0 bridgehead atoms. The molecule has 0 saturated carbocycles. The van der Waals surface area contributed by atoms with E-state index in [1.807, 2.05) is 19.1 Å². The van der Waals surface area contributed by atoms with Crippen LogP contribution in [-0.2, 0) is 0 Å². The molecule has 0 aliphatic carbocycles. The minimum Gasteiger partial charge on any atom is -0.286 e. The van der Waals surface area contributed by atoms with Gasteiger partial charge in [0.1, 0.15) is 4.88 Å². The summed E-state index contributed by atoms with van der Waals surface area (Å²) < 4.78 is 1.00. The van der Waals surface area contributed by atoms with E-state index < -0.39 is 0 Å². The Kier molecular flexibility index (Phi) is 3.45. The Labute approximate surface area is 128 Å². The van der Waals surface area contributed by atoms with E-state index in [9.17, 15) is 4.79 Å². The van der Waals surface area contributed by atoms with Crippen molar-refractivity contribution in [2.24, 2.45) is 0 Å². The molecule has 102 valence electrons. The van der Waals surface area contributed by atoms with Gasteiger partial charge in [0, 0.05) is 12.1 Å². The lowest BCUT2D eigenvalue weighted by Crippen LogP contribution is -2.25. The van der Waals surface area contributed by atoms with Crippen LogP contribution in [0.15, 0.2) is 23.7 Å². The third-order valence-corrected chi connectivity index (χ3v) is 5.13. The van der Waals surface area contributed by atoms with Crippen LogP contribution in [0.1, 0.15) is 15.4 Å². The SMILES string of the molecule is Cc1ncsc1C(=O)N(C)c1nc2cc(Cl)ccc2s1. The van der Waals surface area contributed by atoms with Crippen LogP contribution in [0.3, 0.4) is 0 Å². The van der Waals surface area contributed by atoms with E-state index in [1.165, 1.54) is 22.7 Å². The summed E-state index contributed by atoms with van der Waals surface area (Å²) in [6, 6.07) is 5.53. The van der Waals surface area contributed by atoms with Crippen LogP contribution in [0.5, 0.6) is 0 Å². The lowest BCUT2D eigenvalue weighted by atomic mass is 10.3. The van der Waals surface area contributed by atoms with Gasteiger partial charge in [0.15, 0.2) is 5.13 Å². The highest BCUT2D eigenvalue weighted by atomic mass is 35.5. The zero-order valence-corrected chi connectivity index (χ0v) is 13.1. The van der Waals surface area contributed by atoms with E-state index in [0.717, 1.165) is 15.9 Å². The highest BCUT2D eigenvalue weighted by molar-refractivity contribution is 7.22. The molecule has 2 aromatic heterocycles. The Morgan fingerprint density at radius 3 is 2.90 bits per heavy atom. The number of aryl methyl sites for hydroxylation is 1. The smallest absolute Gasteiger partial charge is 0.271 e. The number of benzene rings is 1. The number of fused-ring (bicyclic) bond motifs is 1. The zero-order valence-electron chi connectivity index (χ0n) is 10.8. The second-order valence-corrected chi connectivity index (χ2v) is 6.54. The Hall–Kier alpha value is -1.50. The molecule has 20 heavy (non-hydrogen) atoms. The number of amides is 1. The fourth-order valence-corrected chi connectivity index (χ4v) is 3.63. The third-order valence-electron chi connectivity index (χ3n) is 2.87. The molecule has 1 amide bonds. The predicted molar refractivity (Wildman–Crippen MR) is 84.2 cm³/mol. The van der Waals surface area contributed by atoms with Crippen molar-refractivity contribution in [3.8, 4) is 0 Å². The quantitative estimate of drug-likeness (QED) is 0.716. The molecule has 0 radical (unpaired) electrons. The van der Waals surface area contributed by atoms with Crippen molar-refractivity contribution in [2.45, 2.75) is 6.92 Å². The van der Waals surface area contributed by atoms with Crippen LogP contribution in [0.2, 0.25) is 5.02 Å². The van der Waals surface area contributed by atoms with Crippen LogP contribution in [0.4, 0.5) is 5.13 Å². The molecule has 0 aliphatic rings. The van der Waals surface area contributed by atoms with Gasteiger partial charge in [0.2, 0.25) is 0 Å². The average Bonchev–Trinajstić information content (AvgIpc) is 3.02. The van der Waals surface area contributed by atoms with E-state index in [2.05, 4.69) is 9.97 Å². The molecule has 3 aromatic rings. The van der Waals surface area contributed by atoms with Crippen molar-refractivity contribution in [2.75, 3.05) is 11.9 Å². The molecular weight excluding hydrogens is 314 g/mol.